The van der Waals surface area contributed by atoms with Gasteiger partial charge in [-0.2, -0.15) is 0 Å². The fraction of sp³-hybridized carbons (Fsp3) is 0.391. The van der Waals surface area contributed by atoms with E-state index in [1.165, 1.54) is 0 Å². The Hall–Kier alpha value is -2.48. The van der Waals surface area contributed by atoms with Crippen LogP contribution in [0.4, 0.5) is 16.2 Å². The summed E-state index contributed by atoms with van der Waals surface area (Å²) in [6, 6.07) is 9.99. The number of urea groups is 1. The van der Waals surface area contributed by atoms with Crippen LogP contribution in [-0.4, -0.2) is 49.7 Å². The second-order valence-electron chi connectivity index (χ2n) is 8.42. The topological polar surface area (TPSA) is 79.9 Å². The van der Waals surface area contributed by atoms with Gasteiger partial charge in [0.1, 0.15) is 5.75 Å². The number of amides is 3. The number of morpholine rings is 1. The van der Waals surface area contributed by atoms with Gasteiger partial charge in [-0.25, -0.2) is 4.79 Å². The van der Waals surface area contributed by atoms with Crippen LogP contribution < -0.4 is 15.4 Å². The molecule has 0 unspecified atom stereocenters. The lowest BCUT2D eigenvalue weighted by Crippen LogP contribution is -2.43. The van der Waals surface area contributed by atoms with Gasteiger partial charge in [-0.15, -0.1) is 0 Å². The third kappa shape index (κ3) is 6.28. The van der Waals surface area contributed by atoms with Gasteiger partial charge in [-0.1, -0.05) is 56.1 Å². The van der Waals surface area contributed by atoms with Crippen molar-refractivity contribution in [2.24, 2.45) is 0 Å². The molecule has 1 saturated heterocycles. The second-order valence-corrected chi connectivity index (χ2v) is 9.21. The number of anilines is 2. The van der Waals surface area contributed by atoms with Crippen molar-refractivity contribution in [2.45, 2.75) is 26.2 Å². The Labute approximate surface area is 198 Å². The minimum Gasteiger partial charge on any atom is -0.482 e. The highest BCUT2D eigenvalue weighted by Gasteiger charge is 2.20. The molecule has 0 aromatic heterocycles. The standard InChI is InChI=1S/C23H27Cl2N3O4/c1-23(2,3)15-7-8-19(32-14-20(29)28-9-11-31-12-10-28)18(13-15)27-22(30)26-17-6-4-5-16(24)21(17)25/h4-8,13H,9-12,14H2,1-3H3,(H2,26,27,30). The van der Waals surface area contributed by atoms with Crippen molar-refractivity contribution >= 4 is 46.5 Å². The van der Waals surface area contributed by atoms with Crippen molar-refractivity contribution in [1.29, 1.82) is 0 Å². The molecule has 0 spiro atoms. The Kier molecular flexibility index (Phi) is 7.87. The van der Waals surface area contributed by atoms with Gasteiger partial charge < -0.3 is 25.0 Å². The minimum atomic E-state index is -0.510. The van der Waals surface area contributed by atoms with E-state index >= 15 is 0 Å². The fourth-order valence-electron chi connectivity index (χ4n) is 3.14. The zero-order valence-electron chi connectivity index (χ0n) is 18.3. The monoisotopic (exact) mass is 479 g/mol. The molecule has 0 radical (unpaired) electrons. The van der Waals surface area contributed by atoms with E-state index in [0.717, 1.165) is 5.56 Å². The maximum Gasteiger partial charge on any atom is 0.323 e. The van der Waals surface area contributed by atoms with Gasteiger partial charge in [0.2, 0.25) is 0 Å². The predicted molar refractivity (Wildman–Crippen MR) is 127 cm³/mol. The van der Waals surface area contributed by atoms with Crippen LogP contribution in [0.5, 0.6) is 5.75 Å². The van der Waals surface area contributed by atoms with Crippen molar-refractivity contribution in [3.05, 3.63) is 52.0 Å². The van der Waals surface area contributed by atoms with Crippen molar-refractivity contribution in [3.63, 3.8) is 0 Å². The maximum absolute atomic E-state index is 12.7. The molecule has 0 saturated carbocycles. The highest BCUT2D eigenvalue weighted by atomic mass is 35.5. The third-order valence-corrected chi connectivity index (χ3v) is 5.83. The van der Waals surface area contributed by atoms with Crippen LogP contribution in [0, 0.1) is 0 Å². The summed E-state index contributed by atoms with van der Waals surface area (Å²) in [7, 11) is 0. The van der Waals surface area contributed by atoms with E-state index in [9.17, 15) is 9.59 Å². The van der Waals surface area contributed by atoms with Crippen LogP contribution in [0.2, 0.25) is 10.0 Å². The molecule has 3 amide bonds. The van der Waals surface area contributed by atoms with Crippen molar-refractivity contribution in [2.75, 3.05) is 43.5 Å². The summed E-state index contributed by atoms with van der Waals surface area (Å²) in [5, 5.41) is 6.08. The number of hydrogen-bond donors (Lipinski definition) is 2. The molecular weight excluding hydrogens is 453 g/mol. The number of nitrogens with one attached hydrogen (secondary N) is 2. The summed E-state index contributed by atoms with van der Waals surface area (Å²) in [5.74, 6) is 0.265. The lowest BCUT2D eigenvalue weighted by atomic mass is 9.87. The first-order chi connectivity index (χ1) is 15.1. The number of nitrogens with zero attached hydrogens (tertiary/aromatic N) is 1. The molecule has 172 valence electrons. The molecule has 1 aliphatic heterocycles. The van der Waals surface area contributed by atoms with Gasteiger partial charge in [0.25, 0.3) is 5.91 Å². The van der Waals surface area contributed by atoms with Gasteiger partial charge in [0, 0.05) is 13.1 Å². The first kappa shape index (κ1) is 24.2. The van der Waals surface area contributed by atoms with Gasteiger partial charge in [0.15, 0.2) is 6.61 Å². The summed E-state index contributed by atoms with van der Waals surface area (Å²) in [6.07, 6.45) is 0. The molecule has 9 heteroatoms. The Bertz CT molecular complexity index is 986. The average molecular weight is 480 g/mol. The SMILES string of the molecule is CC(C)(C)c1ccc(OCC(=O)N2CCOCC2)c(NC(=O)Nc2cccc(Cl)c2Cl)c1. The molecule has 32 heavy (non-hydrogen) atoms. The van der Waals surface area contributed by atoms with E-state index in [0.29, 0.717) is 48.5 Å². The summed E-state index contributed by atoms with van der Waals surface area (Å²) in [4.78, 5) is 26.8. The first-order valence-corrected chi connectivity index (χ1v) is 11.1. The smallest absolute Gasteiger partial charge is 0.323 e. The Morgan fingerprint density at radius 1 is 1.06 bits per heavy atom. The van der Waals surface area contributed by atoms with Gasteiger partial charge >= 0.3 is 6.03 Å². The molecular formula is C23H27Cl2N3O4. The number of carbonyl (C=O) groups excluding carboxylic acids is 2. The lowest BCUT2D eigenvalue weighted by Gasteiger charge is -2.27. The highest BCUT2D eigenvalue weighted by molar-refractivity contribution is 6.44. The molecule has 2 aromatic carbocycles. The Morgan fingerprint density at radius 2 is 1.75 bits per heavy atom. The number of halogens is 2. The van der Waals surface area contributed by atoms with Crippen molar-refractivity contribution in [3.8, 4) is 5.75 Å². The van der Waals surface area contributed by atoms with Crippen LogP contribution in [0.1, 0.15) is 26.3 Å². The summed E-state index contributed by atoms with van der Waals surface area (Å²) < 4.78 is 11.1. The van der Waals surface area contributed by atoms with Crippen LogP contribution >= 0.6 is 23.2 Å². The molecule has 1 aliphatic rings. The molecule has 0 atom stereocenters. The molecule has 1 heterocycles. The molecule has 2 aromatic rings. The summed E-state index contributed by atoms with van der Waals surface area (Å²) >= 11 is 12.2. The van der Waals surface area contributed by atoms with E-state index < -0.39 is 6.03 Å². The van der Waals surface area contributed by atoms with Gasteiger partial charge in [0.05, 0.1) is 34.6 Å². The maximum atomic E-state index is 12.7. The van der Waals surface area contributed by atoms with E-state index in [2.05, 4.69) is 31.4 Å². The molecule has 0 aliphatic carbocycles. The fourth-order valence-corrected chi connectivity index (χ4v) is 3.49. The normalized spacial score (nSPS) is 14.1. The van der Waals surface area contributed by atoms with Gasteiger partial charge in [-0.3, -0.25) is 4.79 Å². The zero-order chi connectivity index (χ0) is 23.3. The van der Waals surface area contributed by atoms with Crippen LogP contribution in [-0.2, 0) is 14.9 Å². The minimum absolute atomic E-state index is 0.130. The molecule has 2 N–H and O–H groups in total. The van der Waals surface area contributed by atoms with E-state index in [-0.39, 0.29) is 23.0 Å². The number of ether oxygens (including phenoxy) is 2. The number of benzene rings is 2. The van der Waals surface area contributed by atoms with Crippen LogP contribution in [0.3, 0.4) is 0 Å². The number of hydrogen-bond acceptors (Lipinski definition) is 4. The summed E-state index contributed by atoms with van der Waals surface area (Å²) in [6.45, 7) is 8.20. The van der Waals surface area contributed by atoms with E-state index in [1.807, 2.05) is 12.1 Å². The van der Waals surface area contributed by atoms with Crippen LogP contribution in [0.25, 0.3) is 0 Å². The summed E-state index contributed by atoms with van der Waals surface area (Å²) in [5.41, 5.74) is 1.68. The first-order valence-electron chi connectivity index (χ1n) is 10.3. The largest absolute Gasteiger partial charge is 0.482 e. The average Bonchev–Trinajstić information content (AvgIpc) is 2.75. The van der Waals surface area contributed by atoms with E-state index in [4.69, 9.17) is 32.7 Å². The third-order valence-electron chi connectivity index (χ3n) is 5.01. The van der Waals surface area contributed by atoms with E-state index in [1.54, 1.807) is 29.2 Å². The lowest BCUT2D eigenvalue weighted by molar-refractivity contribution is -0.137. The van der Waals surface area contributed by atoms with Gasteiger partial charge in [-0.05, 0) is 35.2 Å². The quantitative estimate of drug-likeness (QED) is 0.619. The number of rotatable bonds is 5. The molecule has 3 rings (SSSR count). The Morgan fingerprint density at radius 3 is 2.44 bits per heavy atom. The Balaban J connectivity index is 1.76. The molecule has 7 nitrogen and oxygen atoms in total. The highest BCUT2D eigenvalue weighted by Crippen LogP contribution is 2.33. The zero-order valence-corrected chi connectivity index (χ0v) is 19.8. The number of carbonyl (C=O) groups is 2. The van der Waals surface area contributed by atoms with Crippen LogP contribution in [0.15, 0.2) is 36.4 Å². The molecule has 1 fully saturated rings. The van der Waals surface area contributed by atoms with Crippen molar-refractivity contribution in [1.82, 2.24) is 4.90 Å². The predicted octanol–water partition coefficient (Wildman–Crippen LogP) is 5.17. The second kappa shape index (κ2) is 10.4. The molecule has 0 bridgehead atoms. The van der Waals surface area contributed by atoms with Crippen molar-refractivity contribution < 1.29 is 19.1 Å².